The highest BCUT2D eigenvalue weighted by atomic mass is 16.3. The van der Waals surface area contributed by atoms with E-state index in [1.165, 1.54) is 89.0 Å². The van der Waals surface area contributed by atoms with Crippen molar-refractivity contribution in [2.45, 2.75) is 0 Å². The molecule has 1 aromatic heterocycles. The zero-order valence-corrected chi connectivity index (χ0v) is 40.1. The molecule has 0 bridgehead atoms. The Morgan fingerprint density at radius 3 is 0.630 bits per heavy atom. The fourth-order valence-electron chi connectivity index (χ4n) is 10.5. The first-order chi connectivity index (χ1) is 36.1. The maximum absolute atomic E-state index is 6.92. The van der Waals surface area contributed by atoms with Gasteiger partial charge in [0.05, 0.1) is 0 Å². The van der Waals surface area contributed by atoms with Crippen LogP contribution in [0.3, 0.4) is 0 Å². The zero-order chi connectivity index (χ0) is 48.5. The van der Waals surface area contributed by atoms with E-state index in [4.69, 9.17) is 4.42 Å². The predicted octanol–water partition coefficient (Wildman–Crippen LogP) is 20.3. The molecule has 0 amide bonds. The van der Waals surface area contributed by atoms with Crippen LogP contribution in [-0.2, 0) is 0 Å². The molecule has 73 heavy (non-hydrogen) atoms. The molecule has 0 aliphatic carbocycles. The van der Waals surface area contributed by atoms with Crippen LogP contribution in [0.15, 0.2) is 296 Å². The van der Waals surface area contributed by atoms with E-state index >= 15 is 0 Å². The van der Waals surface area contributed by atoms with Gasteiger partial charge in [0, 0.05) is 21.9 Å². The van der Waals surface area contributed by atoms with Gasteiger partial charge >= 0.3 is 0 Å². The molecule has 342 valence electrons. The Bertz CT molecular complexity index is 3840. The van der Waals surface area contributed by atoms with E-state index in [0.29, 0.717) is 0 Å². The van der Waals surface area contributed by atoms with Gasteiger partial charge < -0.3 is 4.42 Å². The second-order valence-corrected chi connectivity index (χ2v) is 18.8. The number of rotatable bonds is 10. The minimum absolute atomic E-state index is 0.898. The molecule has 0 saturated heterocycles. The quantitative estimate of drug-likeness (QED) is 0.133. The third-order valence-electron chi connectivity index (χ3n) is 14.3. The van der Waals surface area contributed by atoms with Crippen LogP contribution in [0, 0.1) is 0 Å². The van der Waals surface area contributed by atoms with Crippen LogP contribution in [0.25, 0.3) is 133 Å². The topological polar surface area (TPSA) is 13.1 Å². The number of fused-ring (bicyclic) bond motifs is 3. The van der Waals surface area contributed by atoms with Gasteiger partial charge in [-0.2, -0.15) is 0 Å². The third kappa shape index (κ3) is 8.64. The minimum atomic E-state index is 0.898. The largest absolute Gasteiger partial charge is 0.455 e. The first-order valence-electron chi connectivity index (χ1n) is 25.0. The molecule has 0 radical (unpaired) electrons. The number of hydrogen-bond donors (Lipinski definition) is 0. The van der Waals surface area contributed by atoms with Crippen molar-refractivity contribution in [3.05, 3.63) is 291 Å². The first-order valence-corrected chi connectivity index (χ1v) is 25.0. The molecule has 0 aliphatic heterocycles. The van der Waals surface area contributed by atoms with Crippen molar-refractivity contribution in [3.63, 3.8) is 0 Å². The van der Waals surface area contributed by atoms with E-state index in [2.05, 4.69) is 291 Å². The van der Waals surface area contributed by atoms with Crippen LogP contribution < -0.4 is 0 Å². The van der Waals surface area contributed by atoms with Crippen LogP contribution in [0.5, 0.6) is 0 Å². The van der Waals surface area contributed by atoms with Gasteiger partial charge in [-0.1, -0.05) is 255 Å². The highest BCUT2D eigenvalue weighted by Crippen LogP contribution is 2.41. The van der Waals surface area contributed by atoms with Gasteiger partial charge in [0.25, 0.3) is 0 Å². The molecule has 0 aliphatic rings. The molecular formula is C72H48O. The smallest absolute Gasteiger partial charge is 0.143 e. The van der Waals surface area contributed by atoms with Crippen LogP contribution in [-0.4, -0.2) is 0 Å². The number of benzene rings is 12. The molecule has 1 heterocycles. The summed E-state index contributed by atoms with van der Waals surface area (Å²) in [4.78, 5) is 0. The summed E-state index contributed by atoms with van der Waals surface area (Å²) < 4.78 is 6.92. The Morgan fingerprint density at radius 2 is 0.356 bits per heavy atom. The maximum Gasteiger partial charge on any atom is 0.143 e. The van der Waals surface area contributed by atoms with Gasteiger partial charge in [0.2, 0.25) is 0 Å². The van der Waals surface area contributed by atoms with Crippen molar-refractivity contribution in [3.8, 4) is 111 Å². The standard InChI is InChI=1S/C72H48O/c1-3-15-49(16-4-1)55-19-7-23-59(43-55)63-27-11-29-65(47-63)61-25-9-21-57(45-61)51-35-39-53(40-36-51)67-31-13-33-69-70-34-14-32-68(72(70)73-71(67)69)54-41-37-52(38-42-54)58-22-10-26-62(46-58)66-30-12-28-64(48-66)60-24-8-20-56(44-60)50-17-5-2-6-18-50/h1-48H. The zero-order valence-electron chi connectivity index (χ0n) is 40.1. The number of furan rings is 1. The molecule has 0 fully saturated rings. The molecular weight excluding hydrogens is 881 g/mol. The summed E-state index contributed by atoms with van der Waals surface area (Å²) in [6, 6.07) is 105. The summed E-state index contributed by atoms with van der Waals surface area (Å²) in [5.74, 6) is 0. The summed E-state index contributed by atoms with van der Waals surface area (Å²) in [6.07, 6.45) is 0. The van der Waals surface area contributed by atoms with Crippen LogP contribution in [0.1, 0.15) is 0 Å². The van der Waals surface area contributed by atoms with E-state index < -0.39 is 0 Å². The Morgan fingerprint density at radius 1 is 0.151 bits per heavy atom. The Balaban J connectivity index is 0.750. The molecule has 0 spiro atoms. The Kier molecular flexibility index (Phi) is 11.3. The molecule has 0 unspecified atom stereocenters. The molecule has 0 N–H and O–H groups in total. The SMILES string of the molecule is c1ccc(-c2cccc(-c3cccc(-c4cccc(-c5ccc(-c6cccc7c6oc6c(-c8ccc(-c9cccc(-c%10cccc(-c%11cccc(-c%12ccccc%12)c%11)c%10)c9)cc8)cccc67)cc5)c4)c3)c2)cc1. The average molecular weight is 929 g/mol. The minimum Gasteiger partial charge on any atom is -0.455 e. The van der Waals surface area contributed by atoms with Gasteiger partial charge in [-0.25, -0.2) is 0 Å². The monoisotopic (exact) mass is 928 g/mol. The summed E-state index contributed by atoms with van der Waals surface area (Å²) in [5, 5.41) is 2.23. The van der Waals surface area contributed by atoms with E-state index in [1.54, 1.807) is 0 Å². The fraction of sp³-hybridized carbons (Fsp3) is 0. The van der Waals surface area contributed by atoms with Gasteiger partial charge in [-0.15, -0.1) is 0 Å². The molecule has 13 aromatic rings. The first kappa shape index (κ1) is 43.5. The number of hydrogen-bond acceptors (Lipinski definition) is 1. The van der Waals surface area contributed by atoms with Gasteiger partial charge in [0.1, 0.15) is 11.2 Å². The van der Waals surface area contributed by atoms with E-state index in [9.17, 15) is 0 Å². The van der Waals surface area contributed by atoms with Gasteiger partial charge in [0.15, 0.2) is 0 Å². The molecule has 13 rings (SSSR count). The normalized spacial score (nSPS) is 11.3. The van der Waals surface area contributed by atoms with Crippen molar-refractivity contribution in [2.75, 3.05) is 0 Å². The van der Waals surface area contributed by atoms with E-state index in [0.717, 1.165) is 44.2 Å². The van der Waals surface area contributed by atoms with Crippen LogP contribution in [0.4, 0.5) is 0 Å². The average Bonchev–Trinajstić information content (AvgIpc) is 3.88. The van der Waals surface area contributed by atoms with Gasteiger partial charge in [-0.05, 0) is 137 Å². The summed E-state index contributed by atoms with van der Waals surface area (Å²) in [6.45, 7) is 0. The van der Waals surface area contributed by atoms with Crippen LogP contribution in [0.2, 0.25) is 0 Å². The van der Waals surface area contributed by atoms with Crippen molar-refractivity contribution in [1.82, 2.24) is 0 Å². The fourth-order valence-corrected chi connectivity index (χ4v) is 10.5. The Labute approximate surface area is 426 Å². The molecule has 0 saturated carbocycles. The predicted molar refractivity (Wildman–Crippen MR) is 308 cm³/mol. The molecule has 12 aromatic carbocycles. The van der Waals surface area contributed by atoms with Crippen molar-refractivity contribution >= 4 is 21.9 Å². The van der Waals surface area contributed by atoms with Crippen molar-refractivity contribution in [1.29, 1.82) is 0 Å². The highest BCUT2D eigenvalue weighted by Gasteiger charge is 2.17. The second-order valence-electron chi connectivity index (χ2n) is 18.8. The maximum atomic E-state index is 6.92. The van der Waals surface area contributed by atoms with Crippen molar-refractivity contribution in [2.24, 2.45) is 0 Å². The lowest BCUT2D eigenvalue weighted by molar-refractivity contribution is 0.671. The van der Waals surface area contributed by atoms with Crippen molar-refractivity contribution < 1.29 is 4.42 Å². The second kappa shape index (κ2) is 19.0. The lowest BCUT2D eigenvalue weighted by atomic mass is 9.94. The molecule has 1 heteroatoms. The summed E-state index contributed by atoms with van der Waals surface area (Å²) >= 11 is 0. The lowest BCUT2D eigenvalue weighted by Crippen LogP contribution is -1.85. The van der Waals surface area contributed by atoms with E-state index in [1.807, 2.05) is 0 Å². The third-order valence-corrected chi connectivity index (χ3v) is 14.3. The van der Waals surface area contributed by atoms with Crippen LogP contribution >= 0.6 is 0 Å². The summed E-state index contributed by atoms with van der Waals surface area (Å²) in [5.41, 5.74) is 25.3. The number of para-hydroxylation sites is 2. The Hall–Kier alpha value is -9.56. The lowest BCUT2D eigenvalue weighted by Gasteiger charge is -2.10. The van der Waals surface area contributed by atoms with E-state index in [-0.39, 0.29) is 0 Å². The molecule has 1 nitrogen and oxygen atoms in total. The highest BCUT2D eigenvalue weighted by molar-refractivity contribution is 6.13. The molecule has 0 atom stereocenters. The summed E-state index contributed by atoms with van der Waals surface area (Å²) in [7, 11) is 0. The van der Waals surface area contributed by atoms with Gasteiger partial charge in [-0.3, -0.25) is 0 Å².